The molecule has 0 fully saturated rings. The maximum absolute atomic E-state index is 11.9. The molecule has 0 amide bonds. The van der Waals surface area contributed by atoms with Crippen LogP contribution in [0.4, 0.5) is 0 Å². The minimum atomic E-state index is -2.54. The third-order valence-corrected chi connectivity index (χ3v) is 14.8. The topological polar surface area (TPSA) is 50.9 Å². The summed E-state index contributed by atoms with van der Waals surface area (Å²) in [5.41, 5.74) is 14.5. The van der Waals surface area contributed by atoms with Gasteiger partial charge in [0.2, 0.25) is 0 Å². The molecule has 0 aliphatic carbocycles. The van der Waals surface area contributed by atoms with E-state index < -0.39 is 13.7 Å². The fraction of sp³-hybridized carbons (Fsp3) is 0.323. The van der Waals surface area contributed by atoms with Gasteiger partial charge in [0.1, 0.15) is 11.6 Å². The first kappa shape index (κ1) is 39.0. The normalized spacial score (nSPS) is 14.0. The molecule has 0 unspecified atom stereocenters. The first-order chi connectivity index (χ1) is 33.8. The minimum Gasteiger partial charge on any atom is -0.507 e. The van der Waals surface area contributed by atoms with Crippen LogP contribution >= 0.6 is 0 Å². The van der Waals surface area contributed by atoms with Crippen molar-refractivity contribution in [3.8, 4) is 67.5 Å². The lowest BCUT2D eigenvalue weighted by atomic mass is 9.68. The van der Waals surface area contributed by atoms with Gasteiger partial charge in [0.15, 0.2) is 0 Å². The lowest BCUT2D eigenvalue weighted by Crippen LogP contribution is -2.25. The van der Waals surface area contributed by atoms with Crippen molar-refractivity contribution in [2.45, 2.75) is 132 Å². The number of aryl methyl sites for hydroxylation is 4. The highest BCUT2D eigenvalue weighted by molar-refractivity contribution is 5.97. The number of aromatic nitrogens is 3. The number of rotatable bonds is 12. The van der Waals surface area contributed by atoms with E-state index in [9.17, 15) is 9.22 Å². The fourth-order valence-corrected chi connectivity index (χ4v) is 9.70. The molecule has 8 aromatic rings. The number of para-hydroxylation sites is 1. The molecule has 0 atom stereocenters. The van der Waals surface area contributed by atoms with E-state index in [4.69, 9.17) is 14.1 Å². The second-order valence-electron chi connectivity index (χ2n) is 20.0. The van der Waals surface area contributed by atoms with Gasteiger partial charge in [-0.1, -0.05) is 141 Å². The van der Waals surface area contributed by atoms with Crippen LogP contribution in [0.15, 0.2) is 128 Å². The summed E-state index contributed by atoms with van der Waals surface area (Å²) in [4.78, 5) is 10.3. The molecule has 0 spiro atoms. The van der Waals surface area contributed by atoms with Crippen molar-refractivity contribution in [2.75, 3.05) is 0 Å². The highest BCUT2D eigenvalue weighted by atomic mass is 16.3. The summed E-state index contributed by atoms with van der Waals surface area (Å²) in [5.74, 6) is 0.512. The lowest BCUT2D eigenvalue weighted by molar-refractivity contribution is 0.426. The van der Waals surface area contributed by atoms with E-state index in [-0.39, 0.29) is 33.1 Å². The number of imidazole rings is 1. The first-order valence-electron chi connectivity index (χ1n) is 26.7. The molecule has 66 heavy (non-hydrogen) atoms. The van der Waals surface area contributed by atoms with Gasteiger partial charge in [-0.15, -0.1) is 0 Å². The zero-order valence-electron chi connectivity index (χ0n) is 46.7. The van der Waals surface area contributed by atoms with E-state index in [2.05, 4.69) is 111 Å². The molecule has 2 heterocycles. The number of hydrogen-bond donors (Lipinski definition) is 1. The molecule has 8 rings (SSSR count). The molecule has 338 valence electrons. The molecule has 0 aliphatic rings. The Morgan fingerprint density at radius 3 is 1.86 bits per heavy atom. The Hall–Kier alpha value is -6.26. The molecule has 1 N–H and O–H groups in total. The van der Waals surface area contributed by atoms with E-state index in [1.54, 1.807) is 18.3 Å². The Morgan fingerprint density at radius 2 is 1.23 bits per heavy atom. The predicted molar refractivity (Wildman–Crippen MR) is 281 cm³/mol. The third-order valence-electron chi connectivity index (χ3n) is 14.8. The molecule has 0 aliphatic heterocycles. The van der Waals surface area contributed by atoms with Crippen LogP contribution in [0.1, 0.15) is 135 Å². The van der Waals surface area contributed by atoms with Gasteiger partial charge in [-0.3, -0.25) is 9.55 Å². The monoisotopic (exact) mass is 878 g/mol. The quantitative estimate of drug-likeness (QED) is 0.133. The average molecular weight is 878 g/mol. The van der Waals surface area contributed by atoms with Gasteiger partial charge in [0.25, 0.3) is 0 Å². The Morgan fingerprint density at radius 1 is 0.576 bits per heavy atom. The second-order valence-corrected chi connectivity index (χ2v) is 20.0. The van der Waals surface area contributed by atoms with Gasteiger partial charge in [0.05, 0.1) is 28.0 Å². The molecular formula is C62H69N3O. The number of benzene rings is 6. The summed E-state index contributed by atoms with van der Waals surface area (Å²) in [5, 5.41) is 11.9. The minimum absolute atomic E-state index is 0.0807. The number of aromatic hydroxyl groups is 1. The number of hydrogen-bond acceptors (Lipinski definition) is 3. The van der Waals surface area contributed by atoms with E-state index in [1.807, 2.05) is 79.1 Å². The Labute approximate surface area is 403 Å². The van der Waals surface area contributed by atoms with Crippen molar-refractivity contribution in [3.63, 3.8) is 0 Å². The summed E-state index contributed by atoms with van der Waals surface area (Å²) >= 11 is 0. The van der Waals surface area contributed by atoms with Crippen molar-refractivity contribution in [3.05, 3.63) is 166 Å². The van der Waals surface area contributed by atoms with Crippen LogP contribution in [0.25, 0.3) is 72.7 Å². The number of phenols is 1. The Bertz CT molecular complexity index is 3270. The predicted octanol–water partition coefficient (Wildman–Crippen LogP) is 17.1. The Balaban J connectivity index is 1.40. The van der Waals surface area contributed by atoms with Gasteiger partial charge in [0, 0.05) is 25.5 Å². The molecular weight excluding hydrogens is 803 g/mol. The fourth-order valence-electron chi connectivity index (χ4n) is 9.70. The SMILES string of the molecule is [2H]C([2H])([2H])c1ccc(-c2ccnc(-c3cc(-c4cccc5c4nc(-c4cc(C)cc(C)c4O)n5-c4ccc(-c5c(C(C)(CC)CC)cccc5C(C)(CC)CC)cc4C([2H])([2H])[2H])cc(C(C)(C)C)c3)c2)cc1. The Kier molecular flexibility index (Phi) is 10.5. The van der Waals surface area contributed by atoms with Crippen molar-refractivity contribution in [2.24, 2.45) is 0 Å². The number of nitrogens with zero attached hydrogens (tertiary/aromatic N) is 3. The summed E-state index contributed by atoms with van der Waals surface area (Å²) in [6.07, 6.45) is 5.50. The smallest absolute Gasteiger partial charge is 0.149 e. The van der Waals surface area contributed by atoms with Crippen molar-refractivity contribution >= 4 is 11.0 Å². The van der Waals surface area contributed by atoms with Crippen LogP contribution in [0.5, 0.6) is 5.75 Å². The summed E-state index contributed by atoms with van der Waals surface area (Å²) in [7, 11) is 0. The van der Waals surface area contributed by atoms with Gasteiger partial charge in [-0.05, 0) is 179 Å². The lowest BCUT2D eigenvalue weighted by Gasteiger charge is -2.36. The number of fused-ring (bicyclic) bond motifs is 1. The van der Waals surface area contributed by atoms with Gasteiger partial charge in [-0.25, -0.2) is 4.98 Å². The molecule has 4 heteroatoms. The van der Waals surface area contributed by atoms with Crippen LogP contribution in [0.3, 0.4) is 0 Å². The van der Waals surface area contributed by atoms with Crippen LogP contribution in [0.2, 0.25) is 0 Å². The van der Waals surface area contributed by atoms with Gasteiger partial charge >= 0.3 is 0 Å². The second kappa shape index (κ2) is 17.9. The molecule has 6 aromatic carbocycles. The highest BCUT2D eigenvalue weighted by Gasteiger charge is 2.33. The van der Waals surface area contributed by atoms with Gasteiger partial charge < -0.3 is 5.11 Å². The van der Waals surface area contributed by atoms with Crippen LogP contribution < -0.4 is 0 Å². The average Bonchev–Trinajstić information content (AvgIpc) is 3.75. The molecule has 0 saturated heterocycles. The maximum atomic E-state index is 11.9. The standard InChI is InChI=1S/C62H69N3O/c1-14-61(12,15-2)51-21-19-22-52(62(13,16-3)17-4)56(51)45-28-29-54(41(7)34-45)65-55-23-18-20-49(57(55)64-59(65)50-33-40(6)32-42(8)58(50)66)46-35-47(37-48(36-46)60(9,10)11)53-38-44(30-31-63-53)43-26-24-39(5)25-27-43/h18-38,66H,14-17H2,1-13H3/i5D3,7D3. The van der Waals surface area contributed by atoms with Crippen LogP contribution in [-0.4, -0.2) is 19.6 Å². The zero-order valence-corrected chi connectivity index (χ0v) is 40.7. The van der Waals surface area contributed by atoms with Crippen molar-refractivity contribution in [1.29, 1.82) is 0 Å². The summed E-state index contributed by atoms with van der Waals surface area (Å²) < 4.78 is 53.3. The van der Waals surface area contributed by atoms with E-state index in [0.717, 1.165) is 81.4 Å². The molecule has 0 radical (unpaired) electrons. The molecule has 0 saturated carbocycles. The number of pyridine rings is 1. The first-order valence-corrected chi connectivity index (χ1v) is 23.7. The summed E-state index contributed by atoms with van der Waals surface area (Å²) in [6.45, 7) is 19.3. The van der Waals surface area contributed by atoms with Crippen molar-refractivity contribution in [1.82, 2.24) is 14.5 Å². The zero-order chi connectivity index (χ0) is 52.3. The molecule has 4 nitrogen and oxygen atoms in total. The van der Waals surface area contributed by atoms with E-state index in [0.29, 0.717) is 33.7 Å². The van der Waals surface area contributed by atoms with Gasteiger partial charge in [-0.2, -0.15) is 0 Å². The molecule has 2 aromatic heterocycles. The third kappa shape index (κ3) is 8.40. The van der Waals surface area contributed by atoms with Crippen molar-refractivity contribution < 1.29 is 13.3 Å². The largest absolute Gasteiger partial charge is 0.507 e. The number of phenolic OH excluding ortho intramolecular Hbond substituents is 1. The summed E-state index contributed by atoms with van der Waals surface area (Å²) in [6, 6.07) is 39.9. The highest BCUT2D eigenvalue weighted by Crippen LogP contribution is 2.47. The van der Waals surface area contributed by atoms with E-state index >= 15 is 0 Å². The van der Waals surface area contributed by atoms with Crippen LogP contribution in [-0.2, 0) is 16.2 Å². The van der Waals surface area contributed by atoms with Crippen LogP contribution in [0, 0.1) is 27.6 Å². The molecule has 0 bridgehead atoms. The maximum Gasteiger partial charge on any atom is 0.149 e. The van der Waals surface area contributed by atoms with E-state index in [1.165, 1.54) is 11.1 Å².